The third kappa shape index (κ3) is 2.35. The number of nitrogens with zero attached hydrogens (tertiary/aromatic N) is 1. The molecule has 1 aliphatic heterocycles. The molecular formula is C25H41NO9. The van der Waals surface area contributed by atoms with Crippen LogP contribution in [-0.2, 0) is 18.9 Å². The summed E-state index contributed by atoms with van der Waals surface area (Å²) in [4.78, 5) is 2.29. The molecule has 10 nitrogen and oxygen atoms in total. The summed E-state index contributed by atoms with van der Waals surface area (Å²) >= 11 is 0. The molecule has 6 fully saturated rings. The van der Waals surface area contributed by atoms with Crippen LogP contribution in [0.25, 0.3) is 0 Å². The highest BCUT2D eigenvalue weighted by Gasteiger charge is 2.90. The molecule has 1 spiro atoms. The third-order valence-corrected chi connectivity index (χ3v) is 11.7. The van der Waals surface area contributed by atoms with E-state index < -0.39 is 76.4 Å². The van der Waals surface area contributed by atoms with Crippen LogP contribution in [0.5, 0.6) is 0 Å². The van der Waals surface area contributed by atoms with Crippen LogP contribution >= 0.6 is 0 Å². The second-order valence-corrected chi connectivity index (χ2v) is 12.1. The first-order valence-corrected chi connectivity index (χ1v) is 12.9. The molecule has 200 valence electrons. The number of ether oxygens (including phenoxy) is 4. The molecule has 0 aromatic carbocycles. The summed E-state index contributed by atoms with van der Waals surface area (Å²) in [7, 11) is 6.29. The van der Waals surface area contributed by atoms with Crippen molar-refractivity contribution in [2.75, 3.05) is 48.1 Å². The average Bonchev–Trinajstić information content (AvgIpc) is 3.19. The normalized spacial score (nSPS) is 62.4. The Kier molecular flexibility index (Phi) is 5.40. The van der Waals surface area contributed by atoms with Gasteiger partial charge in [-0.25, -0.2) is 0 Å². The van der Waals surface area contributed by atoms with E-state index in [0.29, 0.717) is 26.1 Å². The van der Waals surface area contributed by atoms with Gasteiger partial charge in [0, 0.05) is 76.0 Å². The van der Waals surface area contributed by atoms with Gasteiger partial charge in [-0.05, 0) is 18.9 Å². The van der Waals surface area contributed by atoms with Crippen LogP contribution in [0.1, 0.15) is 19.8 Å². The number of rotatable bonds is 6. The third-order valence-electron chi connectivity index (χ3n) is 11.7. The van der Waals surface area contributed by atoms with Crippen molar-refractivity contribution in [1.29, 1.82) is 0 Å². The average molecular weight is 500 g/mol. The Labute approximate surface area is 206 Å². The number of likely N-dealkylation sites (tertiary alicyclic amines) is 1. The van der Waals surface area contributed by atoms with Gasteiger partial charge in [-0.15, -0.1) is 0 Å². The second kappa shape index (κ2) is 7.59. The fourth-order valence-electron chi connectivity index (χ4n) is 11.0. The van der Waals surface area contributed by atoms with Crippen molar-refractivity contribution in [3.05, 3.63) is 0 Å². The summed E-state index contributed by atoms with van der Waals surface area (Å²) in [5, 5.41) is 59.3. The quantitative estimate of drug-likeness (QED) is 0.285. The fourth-order valence-corrected chi connectivity index (χ4v) is 11.0. The highest BCUT2D eigenvalue weighted by molar-refractivity contribution is 5.39. The molecule has 1 heterocycles. The predicted octanol–water partition coefficient (Wildman–Crippen LogP) is -1.79. The van der Waals surface area contributed by atoms with Gasteiger partial charge in [0.25, 0.3) is 0 Å². The number of hydrogen-bond donors (Lipinski definition) is 5. The van der Waals surface area contributed by atoms with Gasteiger partial charge in [0.1, 0.15) is 23.4 Å². The summed E-state index contributed by atoms with van der Waals surface area (Å²) < 4.78 is 23.7. The molecule has 5 N–H and O–H groups in total. The lowest BCUT2D eigenvalue weighted by Gasteiger charge is -2.70. The molecule has 0 aromatic heterocycles. The topological polar surface area (TPSA) is 141 Å². The molecule has 0 unspecified atom stereocenters. The largest absolute Gasteiger partial charge is 0.392 e. The smallest absolute Gasteiger partial charge is 0.120 e. The standard InChI is InChI=1S/C25H41NO9/c1-6-26-9-22(10-32-2)12(27)7-13(33-3)24-11-8-23(30)19(28)14(11)25(31,20(29)21(23)35-5)15(18(24)26)16(34-4)17(22)24/h11-21,27-31H,6-10H2,1-5H3/t11-,12-,13+,14-,15+,16+,17-,18-,19-,20+,21+,22+,23-,24+,25-/m1/s1. The summed E-state index contributed by atoms with van der Waals surface area (Å²) in [6.07, 6.45) is -4.95. The molecule has 7 bridgehead atoms. The van der Waals surface area contributed by atoms with Gasteiger partial charge in [0.05, 0.1) is 31.0 Å². The van der Waals surface area contributed by atoms with E-state index in [0.717, 1.165) is 0 Å². The number of hydrogen-bond acceptors (Lipinski definition) is 10. The van der Waals surface area contributed by atoms with E-state index in [1.54, 1.807) is 21.3 Å². The van der Waals surface area contributed by atoms with Gasteiger partial charge < -0.3 is 44.5 Å². The van der Waals surface area contributed by atoms with Gasteiger partial charge in [0.15, 0.2) is 0 Å². The van der Waals surface area contributed by atoms with Crippen molar-refractivity contribution < 1.29 is 44.5 Å². The van der Waals surface area contributed by atoms with Crippen LogP contribution in [0.15, 0.2) is 0 Å². The number of methoxy groups -OCH3 is 4. The molecule has 1 saturated heterocycles. The van der Waals surface area contributed by atoms with Crippen LogP contribution < -0.4 is 0 Å². The highest BCUT2D eigenvalue weighted by atomic mass is 16.5. The maximum Gasteiger partial charge on any atom is 0.120 e. The lowest BCUT2D eigenvalue weighted by molar-refractivity contribution is -0.320. The minimum Gasteiger partial charge on any atom is -0.392 e. The molecule has 5 saturated carbocycles. The maximum absolute atomic E-state index is 12.6. The van der Waals surface area contributed by atoms with E-state index in [4.69, 9.17) is 18.9 Å². The summed E-state index contributed by atoms with van der Waals surface area (Å²) in [5.41, 5.74) is -4.81. The zero-order valence-electron chi connectivity index (χ0n) is 21.2. The zero-order valence-corrected chi connectivity index (χ0v) is 21.2. The van der Waals surface area contributed by atoms with Crippen molar-refractivity contribution >= 4 is 0 Å². The molecule has 10 heteroatoms. The molecule has 5 aliphatic carbocycles. The minimum atomic E-state index is -1.76. The van der Waals surface area contributed by atoms with E-state index in [1.807, 2.05) is 0 Å². The summed E-state index contributed by atoms with van der Waals surface area (Å²) in [5.74, 6) is -2.04. The van der Waals surface area contributed by atoms with E-state index in [-0.39, 0.29) is 18.4 Å². The van der Waals surface area contributed by atoms with Crippen LogP contribution in [0.4, 0.5) is 0 Å². The first-order chi connectivity index (χ1) is 16.6. The van der Waals surface area contributed by atoms with Crippen molar-refractivity contribution in [2.45, 2.75) is 73.6 Å². The van der Waals surface area contributed by atoms with Crippen molar-refractivity contribution in [3.63, 3.8) is 0 Å². The second-order valence-electron chi connectivity index (χ2n) is 12.1. The van der Waals surface area contributed by atoms with E-state index >= 15 is 0 Å². The molecule has 15 atom stereocenters. The van der Waals surface area contributed by atoms with E-state index in [1.165, 1.54) is 7.11 Å². The SMILES string of the molecule is CCN1C[C@]2(COC)[C@H](O)C[C@H](OC)[C@@]34[C@@H]5C[C@@]6(O)[C@H](O)[C@@H]5[C@@](O)([C@@H]([C@H](OC)[C@H]23)[C@@H]14)[C@@H](O)[C@@H]6OC. The molecule has 0 amide bonds. The van der Waals surface area contributed by atoms with Crippen LogP contribution in [-0.4, -0.2) is 132 Å². The molecule has 0 aromatic rings. The van der Waals surface area contributed by atoms with Crippen molar-refractivity contribution in [1.82, 2.24) is 4.90 Å². The number of piperidine rings is 1. The van der Waals surface area contributed by atoms with E-state index in [2.05, 4.69) is 11.8 Å². The van der Waals surface area contributed by atoms with Crippen molar-refractivity contribution in [2.24, 2.45) is 34.5 Å². The summed E-state index contributed by atoms with van der Waals surface area (Å²) in [6.45, 7) is 3.58. The Morgan fingerprint density at radius 1 is 0.943 bits per heavy atom. The van der Waals surface area contributed by atoms with Crippen LogP contribution in [0.2, 0.25) is 0 Å². The monoisotopic (exact) mass is 499 g/mol. The number of fused-ring (bicyclic) bond motifs is 2. The van der Waals surface area contributed by atoms with Gasteiger partial charge in [0.2, 0.25) is 0 Å². The Bertz CT molecular complexity index is 878. The maximum atomic E-state index is 12.6. The predicted molar refractivity (Wildman–Crippen MR) is 121 cm³/mol. The molecular weight excluding hydrogens is 458 g/mol. The lowest BCUT2D eigenvalue weighted by Crippen LogP contribution is -2.81. The summed E-state index contributed by atoms with van der Waals surface area (Å²) in [6, 6.07) is -0.240. The Hall–Kier alpha value is -0.400. The van der Waals surface area contributed by atoms with Gasteiger partial charge >= 0.3 is 0 Å². The number of aliphatic hydroxyl groups is 5. The Morgan fingerprint density at radius 3 is 2.23 bits per heavy atom. The lowest BCUT2D eigenvalue weighted by atomic mass is 9.42. The molecule has 6 aliphatic rings. The molecule has 0 radical (unpaired) electrons. The van der Waals surface area contributed by atoms with Gasteiger partial charge in [-0.2, -0.15) is 0 Å². The minimum absolute atomic E-state index is 0.156. The molecule has 6 rings (SSSR count). The zero-order chi connectivity index (χ0) is 25.3. The Balaban J connectivity index is 1.68. The number of aliphatic hydroxyl groups excluding tert-OH is 3. The first-order valence-electron chi connectivity index (χ1n) is 12.9. The van der Waals surface area contributed by atoms with Crippen molar-refractivity contribution in [3.8, 4) is 0 Å². The van der Waals surface area contributed by atoms with Crippen LogP contribution in [0, 0.1) is 34.5 Å². The molecule has 35 heavy (non-hydrogen) atoms. The first kappa shape index (κ1) is 24.9. The van der Waals surface area contributed by atoms with Gasteiger partial charge in [-0.1, -0.05) is 6.92 Å². The van der Waals surface area contributed by atoms with E-state index in [9.17, 15) is 25.5 Å². The Morgan fingerprint density at radius 2 is 1.66 bits per heavy atom. The highest BCUT2D eigenvalue weighted by Crippen LogP contribution is 2.79. The fraction of sp³-hybridized carbons (Fsp3) is 1.00. The van der Waals surface area contributed by atoms with Crippen LogP contribution in [0.3, 0.4) is 0 Å². The van der Waals surface area contributed by atoms with Gasteiger partial charge in [-0.3, -0.25) is 4.90 Å².